The molecule has 0 bridgehead atoms. The quantitative estimate of drug-likeness (QED) is 0.458. The Morgan fingerprint density at radius 2 is 2.00 bits per heavy atom. The van der Waals surface area contributed by atoms with E-state index in [-0.39, 0.29) is 5.91 Å². The molecule has 6 heteroatoms. The summed E-state index contributed by atoms with van der Waals surface area (Å²) in [6.45, 7) is 1.58. The van der Waals surface area contributed by atoms with E-state index in [4.69, 9.17) is 12.2 Å². The van der Waals surface area contributed by atoms with E-state index in [9.17, 15) is 4.79 Å². The van der Waals surface area contributed by atoms with Gasteiger partial charge in [0, 0.05) is 41.5 Å². The molecule has 0 unspecified atom stereocenters. The van der Waals surface area contributed by atoms with Gasteiger partial charge in [-0.1, -0.05) is 24.3 Å². The van der Waals surface area contributed by atoms with Crippen molar-refractivity contribution >= 4 is 46.4 Å². The van der Waals surface area contributed by atoms with Crippen molar-refractivity contribution < 1.29 is 4.79 Å². The van der Waals surface area contributed by atoms with Crippen molar-refractivity contribution in [1.82, 2.24) is 5.32 Å². The second-order valence-electron chi connectivity index (χ2n) is 5.74. The summed E-state index contributed by atoms with van der Waals surface area (Å²) >= 11 is 7.15. The van der Waals surface area contributed by atoms with Crippen LogP contribution >= 0.6 is 24.0 Å². The second-order valence-corrected chi connectivity index (χ2v) is 7.32. The number of carbonyl (C=O) groups is 1. The fourth-order valence-corrected chi connectivity index (χ4v) is 3.71. The van der Waals surface area contributed by atoms with E-state index in [0.717, 1.165) is 36.6 Å². The third-order valence-corrected chi connectivity index (χ3v) is 5.15. The first-order chi connectivity index (χ1) is 12.2. The van der Waals surface area contributed by atoms with Gasteiger partial charge in [0.25, 0.3) is 0 Å². The zero-order valence-corrected chi connectivity index (χ0v) is 15.5. The molecule has 2 aromatic carbocycles. The smallest absolute Gasteiger partial charge is 0.227 e. The zero-order chi connectivity index (χ0) is 17.5. The number of thiocarbonyl (C=S) groups is 1. The number of hydrogen-bond acceptors (Lipinski definition) is 3. The highest BCUT2D eigenvalue weighted by molar-refractivity contribution is 7.99. The van der Waals surface area contributed by atoms with Gasteiger partial charge in [0.15, 0.2) is 5.11 Å². The number of anilines is 2. The van der Waals surface area contributed by atoms with Crippen molar-refractivity contribution in [2.45, 2.75) is 17.7 Å². The van der Waals surface area contributed by atoms with E-state index >= 15 is 0 Å². The van der Waals surface area contributed by atoms with Crippen molar-refractivity contribution in [1.29, 1.82) is 0 Å². The maximum Gasteiger partial charge on any atom is 0.227 e. The molecule has 1 aliphatic heterocycles. The van der Waals surface area contributed by atoms with Crippen LogP contribution in [0.3, 0.4) is 0 Å². The molecule has 1 saturated heterocycles. The molecule has 0 spiro atoms. The molecule has 1 aliphatic rings. The van der Waals surface area contributed by atoms with Crippen LogP contribution in [-0.4, -0.2) is 29.9 Å². The van der Waals surface area contributed by atoms with E-state index < -0.39 is 0 Å². The lowest BCUT2D eigenvalue weighted by Crippen LogP contribution is -2.30. The maximum absolute atomic E-state index is 11.9. The van der Waals surface area contributed by atoms with E-state index in [1.807, 2.05) is 47.4 Å². The summed E-state index contributed by atoms with van der Waals surface area (Å²) in [5.74, 6) is 1.13. The Hall–Kier alpha value is -2.05. The van der Waals surface area contributed by atoms with Crippen LogP contribution in [-0.2, 0) is 4.79 Å². The third kappa shape index (κ3) is 5.21. The number of carbonyl (C=O) groups excluding carboxylic acids is 1. The number of benzene rings is 2. The maximum atomic E-state index is 11.9. The lowest BCUT2D eigenvalue weighted by atomic mass is 10.2. The molecule has 2 aromatic rings. The number of amides is 1. The molecule has 2 N–H and O–H groups in total. The highest BCUT2D eigenvalue weighted by atomic mass is 32.2. The number of nitrogens with zero attached hydrogens (tertiary/aromatic N) is 1. The van der Waals surface area contributed by atoms with Gasteiger partial charge in [-0.15, -0.1) is 11.8 Å². The molecule has 130 valence electrons. The SMILES string of the molecule is O=C1CCCN1c1cccc(NC(=S)NCCSc2ccccc2)c1. The molecule has 1 heterocycles. The molecule has 0 aromatic heterocycles. The van der Waals surface area contributed by atoms with Gasteiger partial charge in [-0.25, -0.2) is 0 Å². The minimum absolute atomic E-state index is 0.191. The van der Waals surface area contributed by atoms with Gasteiger partial charge in [-0.2, -0.15) is 0 Å². The minimum atomic E-state index is 0.191. The predicted molar refractivity (Wildman–Crippen MR) is 109 cm³/mol. The molecule has 0 saturated carbocycles. The molecule has 0 radical (unpaired) electrons. The molecule has 0 atom stereocenters. The molecule has 1 fully saturated rings. The average molecular weight is 372 g/mol. The number of rotatable bonds is 6. The molecular weight excluding hydrogens is 350 g/mol. The van der Waals surface area contributed by atoms with Crippen LogP contribution < -0.4 is 15.5 Å². The Bertz CT molecular complexity index is 736. The van der Waals surface area contributed by atoms with Gasteiger partial charge in [0.1, 0.15) is 0 Å². The Labute approximate surface area is 158 Å². The minimum Gasteiger partial charge on any atom is -0.362 e. The largest absolute Gasteiger partial charge is 0.362 e. The Kier molecular flexibility index (Phi) is 6.30. The first kappa shape index (κ1) is 17.8. The lowest BCUT2D eigenvalue weighted by Gasteiger charge is -2.17. The summed E-state index contributed by atoms with van der Waals surface area (Å²) in [4.78, 5) is 15.0. The van der Waals surface area contributed by atoms with Crippen molar-refractivity contribution in [3.63, 3.8) is 0 Å². The van der Waals surface area contributed by atoms with E-state index in [0.29, 0.717) is 11.5 Å². The number of thioether (sulfide) groups is 1. The molecule has 4 nitrogen and oxygen atoms in total. The molecule has 1 amide bonds. The summed E-state index contributed by atoms with van der Waals surface area (Å²) in [6, 6.07) is 18.1. The Morgan fingerprint density at radius 3 is 2.76 bits per heavy atom. The van der Waals surface area contributed by atoms with E-state index in [2.05, 4.69) is 22.8 Å². The Balaban J connectivity index is 1.45. The molecule has 25 heavy (non-hydrogen) atoms. The number of nitrogens with one attached hydrogen (secondary N) is 2. The second kappa shape index (κ2) is 8.87. The van der Waals surface area contributed by atoms with Crippen molar-refractivity contribution in [3.05, 3.63) is 54.6 Å². The fraction of sp³-hybridized carbons (Fsp3) is 0.263. The van der Waals surface area contributed by atoms with Crippen LogP contribution in [0.1, 0.15) is 12.8 Å². The van der Waals surface area contributed by atoms with Crippen molar-refractivity contribution in [3.8, 4) is 0 Å². The third-order valence-electron chi connectivity index (χ3n) is 3.89. The summed E-state index contributed by atoms with van der Waals surface area (Å²) in [6.07, 6.45) is 1.56. The summed E-state index contributed by atoms with van der Waals surface area (Å²) in [7, 11) is 0. The van der Waals surface area contributed by atoms with Gasteiger partial charge in [-0.05, 0) is 49.0 Å². The van der Waals surface area contributed by atoms with Gasteiger partial charge < -0.3 is 15.5 Å². The number of hydrogen-bond donors (Lipinski definition) is 2. The molecule has 3 rings (SSSR count). The topological polar surface area (TPSA) is 44.4 Å². The van der Waals surface area contributed by atoms with Crippen LogP contribution in [0.15, 0.2) is 59.5 Å². The molecule has 0 aliphatic carbocycles. The van der Waals surface area contributed by atoms with Crippen LogP contribution in [0.25, 0.3) is 0 Å². The van der Waals surface area contributed by atoms with Gasteiger partial charge in [-0.3, -0.25) is 4.79 Å². The van der Waals surface area contributed by atoms with Crippen molar-refractivity contribution in [2.75, 3.05) is 29.1 Å². The molecular formula is C19H21N3OS2. The fourth-order valence-electron chi connectivity index (χ4n) is 2.70. The van der Waals surface area contributed by atoms with Gasteiger partial charge in [0.05, 0.1) is 0 Å². The van der Waals surface area contributed by atoms with E-state index in [1.54, 1.807) is 11.8 Å². The summed E-state index contributed by atoms with van der Waals surface area (Å²) < 4.78 is 0. The van der Waals surface area contributed by atoms with Crippen LogP contribution in [0.2, 0.25) is 0 Å². The van der Waals surface area contributed by atoms with E-state index in [1.165, 1.54) is 4.90 Å². The monoisotopic (exact) mass is 371 g/mol. The van der Waals surface area contributed by atoms with Crippen molar-refractivity contribution in [2.24, 2.45) is 0 Å². The highest BCUT2D eigenvalue weighted by Gasteiger charge is 2.21. The average Bonchev–Trinajstić information content (AvgIpc) is 3.06. The first-order valence-corrected chi connectivity index (χ1v) is 9.75. The van der Waals surface area contributed by atoms with Crippen LogP contribution in [0.4, 0.5) is 11.4 Å². The zero-order valence-electron chi connectivity index (χ0n) is 13.9. The van der Waals surface area contributed by atoms with Gasteiger partial charge >= 0.3 is 0 Å². The van der Waals surface area contributed by atoms with Gasteiger partial charge in [0.2, 0.25) is 5.91 Å². The predicted octanol–water partition coefficient (Wildman–Crippen LogP) is 3.89. The highest BCUT2D eigenvalue weighted by Crippen LogP contribution is 2.24. The first-order valence-electron chi connectivity index (χ1n) is 8.35. The normalized spacial score (nSPS) is 13.8. The Morgan fingerprint density at radius 1 is 1.16 bits per heavy atom. The summed E-state index contributed by atoms with van der Waals surface area (Å²) in [5, 5.41) is 7.01. The lowest BCUT2D eigenvalue weighted by molar-refractivity contribution is -0.117. The summed E-state index contributed by atoms with van der Waals surface area (Å²) in [5.41, 5.74) is 1.82. The standard InChI is InChI=1S/C19H21N3OS2/c23-18-10-5-12-22(18)16-7-4-6-15(14-16)21-19(24)20-11-13-25-17-8-2-1-3-9-17/h1-4,6-9,14H,5,10-13H2,(H2,20,21,24). The van der Waals surface area contributed by atoms with Crippen LogP contribution in [0, 0.1) is 0 Å². The van der Waals surface area contributed by atoms with Crippen LogP contribution in [0.5, 0.6) is 0 Å².